The summed E-state index contributed by atoms with van der Waals surface area (Å²) in [7, 11) is 0. The first-order valence-electron chi connectivity index (χ1n) is 5.11. The highest BCUT2D eigenvalue weighted by molar-refractivity contribution is 6.09. The Labute approximate surface area is 99.1 Å². The van der Waals surface area contributed by atoms with Gasteiger partial charge >= 0.3 is 0 Å². The highest BCUT2D eigenvalue weighted by Gasteiger charge is 2.15. The van der Waals surface area contributed by atoms with E-state index in [1.807, 2.05) is 12.1 Å². The van der Waals surface area contributed by atoms with E-state index in [1.54, 1.807) is 6.92 Å². The molecule has 0 unspecified atom stereocenters. The minimum absolute atomic E-state index is 0.147. The van der Waals surface area contributed by atoms with Gasteiger partial charge in [0.25, 0.3) is 0 Å². The Bertz CT molecular complexity index is 548. The van der Waals surface area contributed by atoms with Gasteiger partial charge in [0.2, 0.25) is 0 Å². The van der Waals surface area contributed by atoms with Crippen molar-refractivity contribution in [3.63, 3.8) is 0 Å². The van der Waals surface area contributed by atoms with Crippen molar-refractivity contribution in [2.24, 2.45) is 0 Å². The highest BCUT2D eigenvalue weighted by Crippen LogP contribution is 2.13. The molecular weight excluding hydrogens is 216 g/mol. The second-order valence-corrected chi connectivity index (χ2v) is 3.48. The van der Waals surface area contributed by atoms with Crippen molar-refractivity contribution in [2.75, 3.05) is 0 Å². The van der Waals surface area contributed by atoms with Gasteiger partial charge in [-0.25, -0.2) is 0 Å². The Morgan fingerprint density at radius 1 is 1.24 bits per heavy atom. The van der Waals surface area contributed by atoms with Crippen molar-refractivity contribution in [3.05, 3.63) is 34.9 Å². The zero-order valence-corrected chi connectivity index (χ0v) is 9.36. The van der Waals surface area contributed by atoms with Crippen LogP contribution in [0.1, 0.15) is 41.3 Å². The van der Waals surface area contributed by atoms with E-state index in [9.17, 15) is 9.59 Å². The molecule has 0 saturated heterocycles. The molecule has 4 heteroatoms. The van der Waals surface area contributed by atoms with Crippen LogP contribution >= 0.6 is 0 Å². The molecular formula is C13H10N2O2. The van der Waals surface area contributed by atoms with Crippen LogP contribution in [0.5, 0.6) is 0 Å². The van der Waals surface area contributed by atoms with Crippen molar-refractivity contribution < 1.29 is 9.59 Å². The molecule has 1 rings (SSSR count). The van der Waals surface area contributed by atoms with Gasteiger partial charge < -0.3 is 0 Å². The molecule has 0 aliphatic heterocycles. The number of carbonyl (C=O) groups is 2. The van der Waals surface area contributed by atoms with Crippen LogP contribution in [0, 0.1) is 22.7 Å². The molecule has 0 atom stereocenters. The lowest BCUT2D eigenvalue weighted by atomic mass is 9.98. The number of nitriles is 2. The normalized spacial score (nSPS) is 9.12. The summed E-state index contributed by atoms with van der Waals surface area (Å²) in [5, 5.41) is 17.6. The molecule has 0 fully saturated rings. The van der Waals surface area contributed by atoms with E-state index in [1.165, 1.54) is 18.2 Å². The third kappa shape index (κ3) is 2.99. The molecule has 0 aromatic heterocycles. The number of hydrogen-bond acceptors (Lipinski definition) is 4. The first-order valence-corrected chi connectivity index (χ1v) is 5.11. The highest BCUT2D eigenvalue weighted by atomic mass is 16.1. The van der Waals surface area contributed by atoms with Crippen molar-refractivity contribution in [2.45, 2.75) is 19.8 Å². The molecule has 0 spiro atoms. The molecule has 1 aromatic carbocycles. The van der Waals surface area contributed by atoms with E-state index < -0.39 is 5.78 Å². The lowest BCUT2D eigenvalue weighted by Gasteiger charge is -2.02. The fourth-order valence-corrected chi connectivity index (χ4v) is 1.34. The number of carbonyl (C=O) groups excluding carboxylic acids is 2. The van der Waals surface area contributed by atoms with Crippen LogP contribution in [0.3, 0.4) is 0 Å². The summed E-state index contributed by atoms with van der Waals surface area (Å²) in [6, 6.07) is 8.01. The van der Waals surface area contributed by atoms with Crippen LogP contribution in [0.4, 0.5) is 0 Å². The van der Waals surface area contributed by atoms with Crippen molar-refractivity contribution in [3.8, 4) is 12.1 Å². The second-order valence-electron chi connectivity index (χ2n) is 3.48. The number of benzene rings is 1. The summed E-state index contributed by atoms with van der Waals surface area (Å²) >= 11 is 0. The molecule has 0 amide bonds. The minimum Gasteiger partial charge on any atom is -0.299 e. The lowest BCUT2D eigenvalue weighted by Crippen LogP contribution is -2.09. The maximum Gasteiger partial charge on any atom is 0.171 e. The van der Waals surface area contributed by atoms with Gasteiger partial charge in [0.05, 0.1) is 29.7 Å². The van der Waals surface area contributed by atoms with Crippen LogP contribution in [-0.4, -0.2) is 11.6 Å². The average molecular weight is 226 g/mol. The standard InChI is InChI=1S/C13H10N2O2/c1-2-11(16)6-13(17)12-5-9(7-14)3-4-10(12)8-15/h3-5H,2,6H2,1H3. The Balaban J connectivity index is 3.12. The van der Waals surface area contributed by atoms with E-state index in [2.05, 4.69) is 0 Å². The fourth-order valence-electron chi connectivity index (χ4n) is 1.34. The summed E-state index contributed by atoms with van der Waals surface area (Å²) in [6.45, 7) is 1.67. The maximum atomic E-state index is 11.8. The molecule has 0 N–H and O–H groups in total. The van der Waals surface area contributed by atoms with Crippen molar-refractivity contribution in [1.82, 2.24) is 0 Å². The first-order chi connectivity index (χ1) is 8.12. The quantitative estimate of drug-likeness (QED) is 0.580. The van der Waals surface area contributed by atoms with Gasteiger partial charge in [-0.05, 0) is 18.2 Å². The van der Waals surface area contributed by atoms with Crippen LogP contribution in [-0.2, 0) is 4.79 Å². The summed E-state index contributed by atoms with van der Waals surface area (Å²) in [5.74, 6) is -0.591. The summed E-state index contributed by atoms with van der Waals surface area (Å²) in [5.41, 5.74) is 0.641. The SMILES string of the molecule is CCC(=O)CC(=O)c1cc(C#N)ccc1C#N. The zero-order valence-electron chi connectivity index (χ0n) is 9.36. The topological polar surface area (TPSA) is 81.7 Å². The predicted molar refractivity (Wildman–Crippen MR) is 60.1 cm³/mol. The van der Waals surface area contributed by atoms with Gasteiger partial charge in [-0.2, -0.15) is 10.5 Å². The molecule has 0 bridgehead atoms. The Hall–Kier alpha value is -2.46. The van der Waals surface area contributed by atoms with Crippen molar-refractivity contribution >= 4 is 11.6 Å². The minimum atomic E-state index is -0.412. The van der Waals surface area contributed by atoms with E-state index in [0.717, 1.165) is 0 Å². The van der Waals surface area contributed by atoms with Crippen LogP contribution in [0.15, 0.2) is 18.2 Å². The third-order valence-electron chi connectivity index (χ3n) is 2.32. The van der Waals surface area contributed by atoms with E-state index in [-0.39, 0.29) is 29.8 Å². The van der Waals surface area contributed by atoms with Gasteiger partial charge in [-0.15, -0.1) is 0 Å². The molecule has 4 nitrogen and oxygen atoms in total. The van der Waals surface area contributed by atoms with Gasteiger partial charge in [0.1, 0.15) is 5.78 Å². The van der Waals surface area contributed by atoms with E-state index >= 15 is 0 Å². The van der Waals surface area contributed by atoms with E-state index in [4.69, 9.17) is 10.5 Å². The largest absolute Gasteiger partial charge is 0.299 e. The van der Waals surface area contributed by atoms with Gasteiger partial charge in [-0.3, -0.25) is 9.59 Å². The van der Waals surface area contributed by atoms with Gasteiger partial charge in [-0.1, -0.05) is 6.92 Å². The van der Waals surface area contributed by atoms with Crippen LogP contribution < -0.4 is 0 Å². The Morgan fingerprint density at radius 2 is 1.94 bits per heavy atom. The molecule has 0 heterocycles. The van der Waals surface area contributed by atoms with Gasteiger partial charge in [0.15, 0.2) is 5.78 Å². The molecule has 0 saturated carbocycles. The van der Waals surface area contributed by atoms with Crippen LogP contribution in [0.25, 0.3) is 0 Å². The Kier molecular flexibility index (Phi) is 4.14. The monoisotopic (exact) mass is 226 g/mol. The summed E-state index contributed by atoms with van der Waals surface area (Å²) in [6.07, 6.45) is 0.0611. The molecule has 84 valence electrons. The molecule has 17 heavy (non-hydrogen) atoms. The number of nitrogens with zero attached hydrogens (tertiary/aromatic N) is 2. The first kappa shape index (κ1) is 12.6. The Morgan fingerprint density at radius 3 is 2.47 bits per heavy atom. The number of hydrogen-bond donors (Lipinski definition) is 0. The summed E-state index contributed by atoms with van der Waals surface area (Å²) < 4.78 is 0. The fraction of sp³-hybridized carbons (Fsp3) is 0.231. The third-order valence-corrected chi connectivity index (χ3v) is 2.32. The van der Waals surface area contributed by atoms with E-state index in [0.29, 0.717) is 5.56 Å². The maximum absolute atomic E-state index is 11.8. The number of rotatable bonds is 4. The molecule has 0 aliphatic carbocycles. The van der Waals surface area contributed by atoms with Gasteiger partial charge in [0, 0.05) is 12.0 Å². The molecule has 0 aliphatic rings. The lowest BCUT2D eigenvalue weighted by molar-refractivity contribution is -0.117. The molecule has 1 aromatic rings. The van der Waals surface area contributed by atoms with Crippen LogP contribution in [0.2, 0.25) is 0 Å². The second kappa shape index (κ2) is 5.58. The molecule has 0 radical (unpaired) electrons. The summed E-state index contributed by atoms with van der Waals surface area (Å²) in [4.78, 5) is 23.0. The number of ketones is 2. The average Bonchev–Trinajstić information content (AvgIpc) is 2.37. The smallest absolute Gasteiger partial charge is 0.171 e. The van der Waals surface area contributed by atoms with Crippen molar-refractivity contribution in [1.29, 1.82) is 10.5 Å². The zero-order chi connectivity index (χ0) is 12.8. The number of Topliss-reactive ketones (excluding diaryl/α,β-unsaturated/α-hetero) is 2. The predicted octanol–water partition coefficient (Wildman–Crippen LogP) is 1.98.